The Labute approximate surface area is 152 Å². The summed E-state index contributed by atoms with van der Waals surface area (Å²) in [4.78, 5) is 12.4. The molecule has 0 N–H and O–H groups in total. The van der Waals surface area contributed by atoms with E-state index in [0.717, 1.165) is 46.7 Å². The minimum Gasteiger partial charge on any atom is -0.497 e. The molecule has 5 nitrogen and oxygen atoms in total. The van der Waals surface area contributed by atoms with Gasteiger partial charge in [-0.1, -0.05) is 29.8 Å². The molecule has 0 unspecified atom stereocenters. The molecule has 1 heterocycles. The number of hydrogen-bond acceptors (Lipinski definition) is 4. The Balaban J connectivity index is 1.94. The fourth-order valence-corrected chi connectivity index (χ4v) is 3.52. The van der Waals surface area contributed by atoms with Gasteiger partial charge in [0.15, 0.2) is 0 Å². The van der Waals surface area contributed by atoms with Crippen LogP contribution in [0.1, 0.15) is 16.7 Å². The van der Waals surface area contributed by atoms with E-state index in [2.05, 4.69) is 5.10 Å². The van der Waals surface area contributed by atoms with Crippen LogP contribution in [0.25, 0.3) is 22.5 Å². The average Bonchev–Trinajstić information content (AvgIpc) is 3.07. The van der Waals surface area contributed by atoms with Crippen molar-refractivity contribution in [2.24, 2.45) is 0 Å². The largest absolute Gasteiger partial charge is 0.497 e. The molecule has 0 saturated carbocycles. The zero-order valence-electron chi connectivity index (χ0n) is 15.1. The van der Waals surface area contributed by atoms with Crippen molar-refractivity contribution >= 4 is 6.09 Å². The molecule has 1 aliphatic carbocycles. The fourth-order valence-electron chi connectivity index (χ4n) is 3.52. The number of methoxy groups -OCH3 is 2. The first-order chi connectivity index (χ1) is 12.6. The SMILES string of the molecule is COC(=O)n1nc2c(c1-c1ccc(C)cc1)CCc1cc(OC)ccc1-2. The first-order valence-corrected chi connectivity index (χ1v) is 8.57. The van der Waals surface area contributed by atoms with E-state index in [9.17, 15) is 4.79 Å². The zero-order chi connectivity index (χ0) is 18.3. The van der Waals surface area contributed by atoms with E-state index in [1.54, 1.807) is 7.11 Å². The second-order valence-electron chi connectivity index (χ2n) is 6.45. The molecule has 0 spiro atoms. The smallest absolute Gasteiger partial charge is 0.435 e. The Hall–Kier alpha value is -3.08. The number of fused-ring (bicyclic) bond motifs is 3. The number of carbonyl (C=O) groups excluding carboxylic acids is 1. The van der Waals surface area contributed by atoms with Gasteiger partial charge in [0, 0.05) is 16.7 Å². The van der Waals surface area contributed by atoms with Crippen LogP contribution in [0.15, 0.2) is 42.5 Å². The highest BCUT2D eigenvalue weighted by Crippen LogP contribution is 2.39. The van der Waals surface area contributed by atoms with E-state index >= 15 is 0 Å². The molecule has 1 aliphatic rings. The second kappa shape index (κ2) is 6.33. The van der Waals surface area contributed by atoms with Crippen LogP contribution in [-0.4, -0.2) is 30.1 Å². The van der Waals surface area contributed by atoms with Crippen molar-refractivity contribution in [1.82, 2.24) is 9.78 Å². The highest BCUT2D eigenvalue weighted by atomic mass is 16.5. The molecule has 4 rings (SSSR count). The molecule has 0 amide bonds. The van der Waals surface area contributed by atoms with E-state index in [-0.39, 0.29) is 0 Å². The van der Waals surface area contributed by atoms with Crippen LogP contribution in [0.2, 0.25) is 0 Å². The predicted octanol–water partition coefficient (Wildman–Crippen LogP) is 4.25. The van der Waals surface area contributed by atoms with Gasteiger partial charge in [-0.05, 0) is 43.5 Å². The lowest BCUT2D eigenvalue weighted by atomic mass is 9.87. The molecule has 0 aliphatic heterocycles. The molecule has 0 fully saturated rings. The van der Waals surface area contributed by atoms with E-state index in [1.807, 2.05) is 49.4 Å². The van der Waals surface area contributed by atoms with Gasteiger partial charge in [-0.3, -0.25) is 0 Å². The van der Waals surface area contributed by atoms with Crippen molar-refractivity contribution in [2.45, 2.75) is 19.8 Å². The molecule has 2 aromatic carbocycles. The Kier molecular flexibility index (Phi) is 3.99. The number of rotatable bonds is 2. The van der Waals surface area contributed by atoms with Crippen LogP contribution >= 0.6 is 0 Å². The van der Waals surface area contributed by atoms with Crippen LogP contribution in [0, 0.1) is 6.92 Å². The van der Waals surface area contributed by atoms with Gasteiger partial charge in [0.1, 0.15) is 5.75 Å². The minimum absolute atomic E-state index is 0.481. The number of nitrogens with zero attached hydrogens (tertiary/aromatic N) is 2. The molecule has 0 atom stereocenters. The molecule has 0 saturated heterocycles. The summed E-state index contributed by atoms with van der Waals surface area (Å²) in [5, 5.41) is 4.62. The molecule has 1 aromatic heterocycles. The molecule has 26 heavy (non-hydrogen) atoms. The van der Waals surface area contributed by atoms with Gasteiger partial charge in [0.05, 0.1) is 25.6 Å². The summed E-state index contributed by atoms with van der Waals surface area (Å²) in [6.07, 6.45) is 1.21. The van der Waals surface area contributed by atoms with Gasteiger partial charge in [-0.25, -0.2) is 4.79 Å². The number of benzene rings is 2. The second-order valence-corrected chi connectivity index (χ2v) is 6.45. The number of hydrogen-bond donors (Lipinski definition) is 0. The number of carbonyl (C=O) groups is 1. The lowest BCUT2D eigenvalue weighted by molar-refractivity contribution is 0.169. The quantitative estimate of drug-likeness (QED) is 0.695. The van der Waals surface area contributed by atoms with E-state index in [1.165, 1.54) is 22.9 Å². The van der Waals surface area contributed by atoms with E-state index in [4.69, 9.17) is 9.47 Å². The maximum atomic E-state index is 12.4. The summed E-state index contributed by atoms with van der Waals surface area (Å²) < 4.78 is 11.7. The molecule has 5 heteroatoms. The van der Waals surface area contributed by atoms with Gasteiger partial charge >= 0.3 is 6.09 Å². The third-order valence-corrected chi connectivity index (χ3v) is 4.87. The van der Waals surface area contributed by atoms with Gasteiger partial charge < -0.3 is 9.47 Å². The first-order valence-electron chi connectivity index (χ1n) is 8.57. The normalized spacial score (nSPS) is 12.3. The lowest BCUT2D eigenvalue weighted by Gasteiger charge is -2.17. The van der Waals surface area contributed by atoms with Gasteiger partial charge in [0.25, 0.3) is 0 Å². The molecular formula is C21H20N2O3. The fraction of sp³-hybridized carbons (Fsp3) is 0.238. The summed E-state index contributed by atoms with van der Waals surface area (Å²) in [5.41, 5.74) is 7.10. The molecule has 0 radical (unpaired) electrons. The highest BCUT2D eigenvalue weighted by molar-refractivity contribution is 5.85. The van der Waals surface area contributed by atoms with E-state index < -0.39 is 6.09 Å². The van der Waals surface area contributed by atoms with Crippen molar-refractivity contribution in [1.29, 1.82) is 0 Å². The molecule has 0 bridgehead atoms. The molecule has 132 valence electrons. The van der Waals surface area contributed by atoms with Crippen molar-refractivity contribution in [2.75, 3.05) is 14.2 Å². The zero-order valence-corrected chi connectivity index (χ0v) is 15.1. The summed E-state index contributed by atoms with van der Waals surface area (Å²) in [7, 11) is 3.04. The van der Waals surface area contributed by atoms with E-state index in [0.29, 0.717) is 0 Å². The van der Waals surface area contributed by atoms with Crippen molar-refractivity contribution < 1.29 is 14.3 Å². The minimum atomic E-state index is -0.481. The summed E-state index contributed by atoms with van der Waals surface area (Å²) in [6.45, 7) is 2.04. The van der Waals surface area contributed by atoms with Gasteiger partial charge in [0.2, 0.25) is 0 Å². The van der Waals surface area contributed by atoms with Gasteiger partial charge in [-0.2, -0.15) is 9.78 Å². The summed E-state index contributed by atoms with van der Waals surface area (Å²) in [5.74, 6) is 0.832. The Morgan fingerprint density at radius 3 is 2.54 bits per heavy atom. The lowest BCUT2D eigenvalue weighted by Crippen LogP contribution is -2.14. The molecular weight excluding hydrogens is 328 g/mol. The van der Waals surface area contributed by atoms with Crippen LogP contribution in [0.4, 0.5) is 4.79 Å². The Morgan fingerprint density at radius 2 is 1.85 bits per heavy atom. The Morgan fingerprint density at radius 1 is 1.08 bits per heavy atom. The third-order valence-electron chi connectivity index (χ3n) is 4.87. The monoisotopic (exact) mass is 348 g/mol. The highest BCUT2D eigenvalue weighted by Gasteiger charge is 2.28. The summed E-state index contributed by atoms with van der Waals surface area (Å²) in [6, 6.07) is 14.1. The van der Waals surface area contributed by atoms with Crippen LogP contribution < -0.4 is 4.74 Å². The number of aryl methyl sites for hydroxylation is 2. The van der Waals surface area contributed by atoms with Crippen LogP contribution in [0.5, 0.6) is 5.75 Å². The number of ether oxygens (including phenoxy) is 2. The van der Waals surface area contributed by atoms with Crippen LogP contribution in [-0.2, 0) is 17.6 Å². The maximum absolute atomic E-state index is 12.4. The van der Waals surface area contributed by atoms with Crippen LogP contribution in [0.3, 0.4) is 0 Å². The predicted molar refractivity (Wildman–Crippen MR) is 99.6 cm³/mol. The first kappa shape index (κ1) is 16.4. The topological polar surface area (TPSA) is 53.4 Å². The number of aromatic nitrogens is 2. The van der Waals surface area contributed by atoms with Crippen molar-refractivity contribution in [3.05, 3.63) is 59.2 Å². The maximum Gasteiger partial charge on any atom is 0.435 e. The van der Waals surface area contributed by atoms with Crippen molar-refractivity contribution in [3.63, 3.8) is 0 Å². The Bertz CT molecular complexity index is 987. The summed E-state index contributed by atoms with van der Waals surface area (Å²) >= 11 is 0. The average molecular weight is 348 g/mol. The third kappa shape index (κ3) is 2.56. The molecule has 3 aromatic rings. The standard InChI is InChI=1S/C21H20N2O3/c1-13-4-6-14(7-5-13)20-18-10-8-15-12-16(25-2)9-11-17(15)19(18)22-23(20)21(24)26-3/h4-7,9,11-12H,8,10H2,1-3H3. The van der Waals surface area contributed by atoms with Crippen molar-refractivity contribution in [3.8, 4) is 28.3 Å². The van der Waals surface area contributed by atoms with Gasteiger partial charge in [-0.15, -0.1) is 0 Å².